The van der Waals surface area contributed by atoms with Gasteiger partial charge in [0.25, 0.3) is 5.91 Å². The van der Waals surface area contributed by atoms with Gasteiger partial charge in [0, 0.05) is 5.56 Å². The quantitative estimate of drug-likeness (QED) is 0.495. The number of nitrogens with one attached hydrogen (secondary N) is 1. The summed E-state index contributed by atoms with van der Waals surface area (Å²) in [6.07, 6.45) is 0. The molecule has 1 aromatic heterocycles. The van der Waals surface area contributed by atoms with Crippen LogP contribution in [0.4, 0.5) is 4.39 Å². The lowest BCUT2D eigenvalue weighted by Crippen LogP contribution is -2.32. The highest BCUT2D eigenvalue weighted by atomic mass is 19.1. The fraction of sp³-hybridized carbons (Fsp3) is 0.167. The number of para-hydroxylation sites is 3. The lowest BCUT2D eigenvalue weighted by atomic mass is 10.2. The molecule has 0 aliphatic heterocycles. The van der Waals surface area contributed by atoms with Crippen molar-refractivity contribution in [1.82, 2.24) is 14.9 Å². The molecule has 1 unspecified atom stereocenters. The summed E-state index contributed by atoms with van der Waals surface area (Å²) < 4.78 is 21.7. The third-order valence-electron chi connectivity index (χ3n) is 4.85. The number of aromatic nitrogens is 2. The molecule has 0 saturated heterocycles. The molecule has 0 radical (unpaired) electrons. The topological polar surface area (TPSA) is 56.1 Å². The van der Waals surface area contributed by atoms with Crippen molar-refractivity contribution in [2.75, 3.05) is 6.61 Å². The van der Waals surface area contributed by atoms with E-state index in [1.807, 2.05) is 60.0 Å². The van der Waals surface area contributed by atoms with E-state index in [1.54, 1.807) is 24.3 Å². The molecule has 1 N–H and O–H groups in total. The molecule has 0 aliphatic rings. The summed E-state index contributed by atoms with van der Waals surface area (Å²) in [6.45, 7) is 2.09. The smallest absolute Gasteiger partial charge is 0.258 e. The normalized spacial score (nSPS) is 11.9. The molecule has 1 atom stereocenters. The Morgan fingerprint density at radius 2 is 1.73 bits per heavy atom. The number of hydrogen-bond acceptors (Lipinski definition) is 3. The van der Waals surface area contributed by atoms with E-state index in [2.05, 4.69) is 5.32 Å². The van der Waals surface area contributed by atoms with Crippen molar-refractivity contribution in [1.29, 1.82) is 0 Å². The number of ether oxygens (including phenoxy) is 1. The Morgan fingerprint density at radius 3 is 2.53 bits per heavy atom. The number of fused-ring (bicyclic) bond motifs is 1. The molecular weight excluding hydrogens is 381 g/mol. The Bertz CT molecular complexity index is 1160. The van der Waals surface area contributed by atoms with E-state index in [4.69, 9.17) is 9.72 Å². The summed E-state index contributed by atoms with van der Waals surface area (Å²) in [7, 11) is 0. The summed E-state index contributed by atoms with van der Waals surface area (Å²) in [5.74, 6) is 0.768. The van der Waals surface area contributed by atoms with E-state index in [-0.39, 0.29) is 24.4 Å². The molecule has 3 aromatic carbocycles. The van der Waals surface area contributed by atoms with E-state index < -0.39 is 0 Å². The van der Waals surface area contributed by atoms with Crippen molar-refractivity contribution in [2.24, 2.45) is 0 Å². The number of nitrogens with zero attached hydrogens (tertiary/aromatic N) is 2. The van der Waals surface area contributed by atoms with Gasteiger partial charge in [0.05, 0.1) is 23.6 Å². The number of benzene rings is 3. The molecule has 4 aromatic rings. The van der Waals surface area contributed by atoms with Gasteiger partial charge in [-0.25, -0.2) is 9.37 Å². The average molecular weight is 403 g/mol. The Hall–Kier alpha value is -3.67. The van der Waals surface area contributed by atoms with Crippen LogP contribution in [0.2, 0.25) is 0 Å². The maximum absolute atomic E-state index is 14.3. The minimum Gasteiger partial charge on any atom is -0.484 e. The van der Waals surface area contributed by atoms with Gasteiger partial charge in [0.2, 0.25) is 0 Å². The third kappa shape index (κ3) is 4.33. The van der Waals surface area contributed by atoms with Crippen LogP contribution in [0.25, 0.3) is 11.0 Å². The van der Waals surface area contributed by atoms with Crippen LogP contribution >= 0.6 is 0 Å². The molecule has 4 rings (SSSR count). The van der Waals surface area contributed by atoms with Crippen LogP contribution < -0.4 is 10.1 Å². The van der Waals surface area contributed by atoms with Crippen LogP contribution in [0.3, 0.4) is 0 Å². The van der Waals surface area contributed by atoms with Gasteiger partial charge in [-0.05, 0) is 37.3 Å². The first-order chi connectivity index (χ1) is 14.6. The highest BCUT2D eigenvalue weighted by Gasteiger charge is 2.19. The number of amides is 1. The van der Waals surface area contributed by atoms with Crippen molar-refractivity contribution in [3.63, 3.8) is 0 Å². The van der Waals surface area contributed by atoms with E-state index in [1.165, 1.54) is 6.07 Å². The van der Waals surface area contributed by atoms with Gasteiger partial charge in [-0.15, -0.1) is 0 Å². The Balaban J connectivity index is 1.55. The molecule has 0 bridgehead atoms. The molecule has 152 valence electrons. The molecule has 1 amide bonds. The third-order valence-corrected chi connectivity index (χ3v) is 4.85. The van der Waals surface area contributed by atoms with Crippen LogP contribution in [0.1, 0.15) is 24.4 Å². The lowest BCUT2D eigenvalue weighted by molar-refractivity contribution is -0.123. The molecule has 30 heavy (non-hydrogen) atoms. The zero-order valence-electron chi connectivity index (χ0n) is 16.6. The van der Waals surface area contributed by atoms with E-state index in [0.29, 0.717) is 23.7 Å². The van der Waals surface area contributed by atoms with E-state index >= 15 is 0 Å². The highest BCUT2D eigenvalue weighted by Crippen LogP contribution is 2.23. The molecule has 6 heteroatoms. The second-order valence-corrected chi connectivity index (χ2v) is 7.03. The monoisotopic (exact) mass is 403 g/mol. The fourth-order valence-corrected chi connectivity index (χ4v) is 3.40. The molecule has 1 heterocycles. The largest absolute Gasteiger partial charge is 0.484 e. The van der Waals surface area contributed by atoms with Crippen LogP contribution in [0.15, 0.2) is 78.9 Å². The van der Waals surface area contributed by atoms with Crippen molar-refractivity contribution in [3.8, 4) is 5.75 Å². The Morgan fingerprint density at radius 1 is 1.03 bits per heavy atom. The van der Waals surface area contributed by atoms with Gasteiger partial charge in [-0.3, -0.25) is 4.79 Å². The van der Waals surface area contributed by atoms with Gasteiger partial charge >= 0.3 is 0 Å². The molecular formula is C24H22FN3O2. The van der Waals surface area contributed by atoms with E-state index in [0.717, 1.165) is 11.0 Å². The standard InChI is InChI=1S/C24H22FN3O2/c1-17(26-23(29)16-30-19-10-3-2-4-11-19)24-27-21-13-7-8-14-22(21)28(24)15-18-9-5-6-12-20(18)25/h2-14,17H,15-16H2,1H3,(H,26,29). The predicted octanol–water partition coefficient (Wildman–Crippen LogP) is 4.48. The second-order valence-electron chi connectivity index (χ2n) is 7.03. The zero-order chi connectivity index (χ0) is 20.9. The summed E-state index contributed by atoms with van der Waals surface area (Å²) in [6, 6.07) is 23.1. The number of hydrogen-bond donors (Lipinski definition) is 1. The van der Waals surface area contributed by atoms with Gasteiger partial charge < -0.3 is 14.6 Å². The molecule has 0 aliphatic carbocycles. The minimum atomic E-state index is -0.379. The number of carbonyl (C=O) groups is 1. The molecule has 0 saturated carbocycles. The number of imidazole rings is 1. The van der Waals surface area contributed by atoms with Crippen LogP contribution in [-0.2, 0) is 11.3 Å². The summed E-state index contributed by atoms with van der Waals surface area (Å²) in [5, 5.41) is 2.93. The van der Waals surface area contributed by atoms with Gasteiger partial charge in [0.15, 0.2) is 6.61 Å². The Labute approximate surface area is 174 Å². The van der Waals surface area contributed by atoms with Crippen LogP contribution in [0.5, 0.6) is 5.75 Å². The average Bonchev–Trinajstić information content (AvgIpc) is 3.13. The molecule has 0 spiro atoms. The molecule has 0 fully saturated rings. The lowest BCUT2D eigenvalue weighted by Gasteiger charge is -2.17. The highest BCUT2D eigenvalue weighted by molar-refractivity contribution is 5.79. The first kappa shape index (κ1) is 19.6. The minimum absolute atomic E-state index is 0.0953. The fourth-order valence-electron chi connectivity index (χ4n) is 3.40. The summed E-state index contributed by atoms with van der Waals surface area (Å²) in [5.41, 5.74) is 2.25. The Kier molecular flexibility index (Phi) is 5.75. The maximum atomic E-state index is 14.3. The van der Waals surface area contributed by atoms with Crippen molar-refractivity contribution < 1.29 is 13.9 Å². The summed E-state index contributed by atoms with van der Waals surface area (Å²) >= 11 is 0. The number of carbonyl (C=O) groups excluding carboxylic acids is 1. The number of halogens is 1. The van der Waals surface area contributed by atoms with Gasteiger partial charge in [-0.1, -0.05) is 48.5 Å². The number of rotatable bonds is 7. The van der Waals surface area contributed by atoms with E-state index in [9.17, 15) is 9.18 Å². The van der Waals surface area contributed by atoms with Crippen molar-refractivity contribution in [2.45, 2.75) is 19.5 Å². The molecule has 5 nitrogen and oxygen atoms in total. The SMILES string of the molecule is CC(NC(=O)COc1ccccc1)c1nc2ccccc2n1Cc1ccccc1F. The van der Waals surface area contributed by atoms with Crippen molar-refractivity contribution >= 4 is 16.9 Å². The maximum Gasteiger partial charge on any atom is 0.258 e. The predicted molar refractivity (Wildman–Crippen MR) is 114 cm³/mol. The summed E-state index contributed by atoms with van der Waals surface area (Å²) in [4.78, 5) is 17.1. The first-order valence-electron chi connectivity index (χ1n) is 9.77. The first-order valence-corrected chi connectivity index (χ1v) is 9.77. The van der Waals surface area contributed by atoms with Crippen LogP contribution in [0, 0.1) is 5.82 Å². The zero-order valence-corrected chi connectivity index (χ0v) is 16.6. The van der Waals surface area contributed by atoms with Gasteiger partial charge in [-0.2, -0.15) is 0 Å². The second kappa shape index (κ2) is 8.78. The van der Waals surface area contributed by atoms with Gasteiger partial charge in [0.1, 0.15) is 17.4 Å². The van der Waals surface area contributed by atoms with Crippen molar-refractivity contribution in [3.05, 3.63) is 96.1 Å². The van der Waals surface area contributed by atoms with Crippen LogP contribution in [-0.4, -0.2) is 22.1 Å².